The molecule has 0 radical (unpaired) electrons. The van der Waals surface area contributed by atoms with Crippen molar-refractivity contribution in [1.29, 1.82) is 0 Å². The molecule has 7 heteroatoms. The summed E-state index contributed by atoms with van der Waals surface area (Å²) < 4.78 is 4.78. The molecule has 18 heavy (non-hydrogen) atoms. The molecule has 0 aromatic carbocycles. The van der Waals surface area contributed by atoms with Gasteiger partial charge in [0.05, 0.1) is 28.4 Å². The number of aryl methyl sites for hydroxylation is 2. The average Bonchev–Trinajstić information content (AvgIpc) is 2.89. The van der Waals surface area contributed by atoms with Crippen molar-refractivity contribution in [2.45, 2.75) is 39.9 Å². The molecule has 0 aliphatic heterocycles. The molecule has 0 saturated carbocycles. The predicted octanol–water partition coefficient (Wildman–Crippen LogP) is 1.63. The third kappa shape index (κ3) is 2.46. The molecule has 2 heterocycles. The van der Waals surface area contributed by atoms with E-state index >= 15 is 0 Å². The van der Waals surface area contributed by atoms with E-state index in [-0.39, 0.29) is 6.04 Å². The number of hydrogen-bond donors (Lipinski definition) is 1. The van der Waals surface area contributed by atoms with E-state index in [9.17, 15) is 0 Å². The molecule has 1 unspecified atom stereocenters. The van der Waals surface area contributed by atoms with E-state index in [0.717, 1.165) is 22.4 Å². The topological polar surface area (TPSA) is 74.5 Å². The molecule has 0 aliphatic carbocycles. The minimum atomic E-state index is -0.146. The van der Waals surface area contributed by atoms with Gasteiger partial charge in [0.2, 0.25) is 0 Å². The zero-order valence-corrected chi connectivity index (χ0v) is 12.3. The summed E-state index contributed by atoms with van der Waals surface area (Å²) in [6, 6.07) is -0.146. The highest BCUT2D eigenvalue weighted by Gasteiger charge is 2.14. The summed E-state index contributed by atoms with van der Waals surface area (Å²) in [6.07, 6.45) is 1.70. The van der Waals surface area contributed by atoms with E-state index in [1.165, 1.54) is 0 Å². The lowest BCUT2D eigenvalue weighted by Gasteiger charge is -2.05. The smallest absolute Gasteiger partial charge is 0.166 e. The average molecular weight is 313 g/mol. The van der Waals surface area contributed by atoms with Gasteiger partial charge in [0, 0.05) is 6.54 Å². The van der Waals surface area contributed by atoms with Gasteiger partial charge in [-0.3, -0.25) is 4.68 Å². The lowest BCUT2D eigenvalue weighted by Crippen LogP contribution is -2.11. The van der Waals surface area contributed by atoms with Gasteiger partial charge in [-0.25, -0.2) is 9.67 Å². The summed E-state index contributed by atoms with van der Waals surface area (Å²) in [5, 5.41) is 8.80. The Morgan fingerprint density at radius 3 is 2.72 bits per heavy atom. The number of rotatable bonds is 4. The monoisotopic (exact) mass is 312 g/mol. The van der Waals surface area contributed by atoms with Gasteiger partial charge in [-0.1, -0.05) is 0 Å². The fourth-order valence-corrected chi connectivity index (χ4v) is 2.18. The summed E-state index contributed by atoms with van der Waals surface area (Å²) in [4.78, 5) is 4.19. The second kappa shape index (κ2) is 5.19. The Morgan fingerprint density at radius 1 is 1.44 bits per heavy atom. The van der Waals surface area contributed by atoms with Crippen LogP contribution in [-0.2, 0) is 13.1 Å². The predicted molar refractivity (Wildman–Crippen MR) is 72.1 cm³/mol. The first kappa shape index (κ1) is 13.2. The molecule has 0 saturated heterocycles. The Hall–Kier alpha value is -1.21. The van der Waals surface area contributed by atoms with Crippen LogP contribution >= 0.6 is 15.9 Å². The van der Waals surface area contributed by atoms with Crippen molar-refractivity contribution in [3.63, 3.8) is 0 Å². The van der Waals surface area contributed by atoms with Crippen molar-refractivity contribution in [3.05, 3.63) is 28.0 Å². The number of halogens is 1. The van der Waals surface area contributed by atoms with Gasteiger partial charge in [-0.05, 0) is 36.7 Å². The van der Waals surface area contributed by atoms with Crippen LogP contribution in [0, 0.1) is 6.92 Å². The quantitative estimate of drug-likeness (QED) is 0.931. The largest absolute Gasteiger partial charge is 0.321 e. The van der Waals surface area contributed by atoms with Crippen molar-refractivity contribution >= 4 is 15.9 Å². The first-order valence-electron chi connectivity index (χ1n) is 5.89. The van der Waals surface area contributed by atoms with E-state index < -0.39 is 0 Å². The van der Waals surface area contributed by atoms with Crippen molar-refractivity contribution in [3.8, 4) is 0 Å². The molecule has 1 atom stereocenters. The molecular formula is C11H17BrN6. The summed E-state index contributed by atoms with van der Waals surface area (Å²) in [5.41, 5.74) is 7.82. The molecule has 2 aromatic heterocycles. The molecule has 2 N–H and O–H groups in total. The molecule has 98 valence electrons. The molecule has 0 fully saturated rings. The van der Waals surface area contributed by atoms with E-state index in [2.05, 4.69) is 38.0 Å². The van der Waals surface area contributed by atoms with Crippen LogP contribution in [0.4, 0.5) is 0 Å². The molecule has 6 nitrogen and oxygen atoms in total. The summed E-state index contributed by atoms with van der Waals surface area (Å²) >= 11 is 3.57. The molecule has 0 amide bonds. The first-order valence-corrected chi connectivity index (χ1v) is 6.69. The number of aromatic nitrogens is 5. The Morgan fingerprint density at radius 2 is 2.17 bits per heavy atom. The molecular weight excluding hydrogens is 296 g/mol. The number of nitrogens with two attached hydrogens (primary N) is 1. The maximum atomic E-state index is 5.75. The Labute approximate surface area is 114 Å². The van der Waals surface area contributed by atoms with Gasteiger partial charge in [-0.2, -0.15) is 10.2 Å². The van der Waals surface area contributed by atoms with Crippen LogP contribution in [0.3, 0.4) is 0 Å². The van der Waals surface area contributed by atoms with Gasteiger partial charge in [0.1, 0.15) is 6.33 Å². The van der Waals surface area contributed by atoms with E-state index in [1.807, 2.05) is 18.5 Å². The van der Waals surface area contributed by atoms with Crippen LogP contribution in [0.15, 0.2) is 10.8 Å². The standard InChI is InChI=1S/C11H17BrN6/c1-4-18-9(10(12)8(3)15-18)5-17-6-14-11(16-17)7(2)13/h6-7H,4-5,13H2,1-3H3. The van der Waals surface area contributed by atoms with Crippen LogP contribution in [0.2, 0.25) is 0 Å². The van der Waals surface area contributed by atoms with Gasteiger partial charge in [0.25, 0.3) is 0 Å². The zero-order chi connectivity index (χ0) is 13.3. The van der Waals surface area contributed by atoms with Crippen LogP contribution in [0.5, 0.6) is 0 Å². The lowest BCUT2D eigenvalue weighted by atomic mass is 10.3. The van der Waals surface area contributed by atoms with Gasteiger partial charge in [-0.15, -0.1) is 0 Å². The van der Waals surface area contributed by atoms with Crippen LogP contribution < -0.4 is 5.73 Å². The molecule has 0 spiro atoms. The number of hydrogen-bond acceptors (Lipinski definition) is 4. The Kier molecular flexibility index (Phi) is 3.82. The highest BCUT2D eigenvalue weighted by Crippen LogP contribution is 2.21. The highest BCUT2D eigenvalue weighted by molar-refractivity contribution is 9.10. The minimum Gasteiger partial charge on any atom is -0.321 e. The van der Waals surface area contributed by atoms with Crippen LogP contribution in [0.1, 0.15) is 37.1 Å². The summed E-state index contributed by atoms with van der Waals surface area (Å²) in [7, 11) is 0. The van der Waals surface area contributed by atoms with E-state index in [4.69, 9.17) is 5.73 Å². The summed E-state index contributed by atoms with van der Waals surface area (Å²) in [6.45, 7) is 7.38. The summed E-state index contributed by atoms with van der Waals surface area (Å²) in [5.74, 6) is 0.658. The van der Waals surface area contributed by atoms with Crippen molar-refractivity contribution in [2.24, 2.45) is 5.73 Å². The van der Waals surface area contributed by atoms with Crippen molar-refractivity contribution in [1.82, 2.24) is 24.5 Å². The van der Waals surface area contributed by atoms with Crippen molar-refractivity contribution < 1.29 is 0 Å². The van der Waals surface area contributed by atoms with E-state index in [1.54, 1.807) is 11.0 Å². The number of nitrogens with zero attached hydrogens (tertiary/aromatic N) is 5. The minimum absolute atomic E-state index is 0.146. The second-order valence-electron chi connectivity index (χ2n) is 4.25. The van der Waals surface area contributed by atoms with Crippen LogP contribution in [0.25, 0.3) is 0 Å². The maximum Gasteiger partial charge on any atom is 0.166 e. The lowest BCUT2D eigenvalue weighted by molar-refractivity contribution is 0.567. The molecule has 2 rings (SSSR count). The third-order valence-corrected chi connectivity index (χ3v) is 3.76. The second-order valence-corrected chi connectivity index (χ2v) is 5.04. The fourth-order valence-electron chi connectivity index (χ4n) is 1.77. The SMILES string of the molecule is CCn1nc(C)c(Br)c1Cn1cnc(C(C)N)n1. The fraction of sp³-hybridized carbons (Fsp3) is 0.545. The Bertz CT molecular complexity index is 542. The highest BCUT2D eigenvalue weighted by atomic mass is 79.9. The maximum absolute atomic E-state index is 5.75. The first-order chi connectivity index (χ1) is 8.52. The van der Waals surface area contributed by atoms with Gasteiger partial charge >= 0.3 is 0 Å². The van der Waals surface area contributed by atoms with E-state index in [0.29, 0.717) is 12.4 Å². The zero-order valence-electron chi connectivity index (χ0n) is 10.8. The van der Waals surface area contributed by atoms with Crippen molar-refractivity contribution in [2.75, 3.05) is 0 Å². The molecule has 0 aliphatic rings. The normalized spacial score (nSPS) is 12.9. The van der Waals surface area contributed by atoms with Crippen LogP contribution in [-0.4, -0.2) is 24.5 Å². The molecule has 2 aromatic rings. The van der Waals surface area contributed by atoms with Gasteiger partial charge in [0.15, 0.2) is 5.82 Å². The Balaban J connectivity index is 2.27. The molecule has 0 bridgehead atoms. The van der Waals surface area contributed by atoms with Gasteiger partial charge < -0.3 is 5.73 Å². The third-order valence-electron chi connectivity index (χ3n) is 2.73.